The van der Waals surface area contributed by atoms with Crippen molar-refractivity contribution in [2.75, 3.05) is 18.9 Å². The van der Waals surface area contributed by atoms with Crippen molar-refractivity contribution in [3.8, 4) is 0 Å². The zero-order chi connectivity index (χ0) is 13.1. The van der Waals surface area contributed by atoms with Crippen LogP contribution in [0.15, 0.2) is 18.2 Å². The molecule has 0 saturated heterocycles. The molecular formula is C12H13ClN2O2S. The van der Waals surface area contributed by atoms with Crippen LogP contribution < -0.4 is 11.1 Å². The van der Waals surface area contributed by atoms with Crippen molar-refractivity contribution in [2.45, 2.75) is 6.42 Å². The average Bonchev–Trinajstić information content (AvgIpc) is 2.68. The second-order valence-electron chi connectivity index (χ2n) is 3.79. The van der Waals surface area contributed by atoms with Gasteiger partial charge in [-0.15, -0.1) is 11.3 Å². The van der Waals surface area contributed by atoms with Gasteiger partial charge in [-0.2, -0.15) is 0 Å². The molecule has 0 radical (unpaired) electrons. The molecule has 0 aliphatic carbocycles. The van der Waals surface area contributed by atoms with E-state index in [-0.39, 0.29) is 12.5 Å². The van der Waals surface area contributed by atoms with Crippen LogP contribution in [-0.2, 0) is 0 Å². The highest BCUT2D eigenvalue weighted by Crippen LogP contribution is 2.37. The number of hydrogen-bond donors (Lipinski definition) is 3. The Morgan fingerprint density at radius 3 is 2.94 bits per heavy atom. The van der Waals surface area contributed by atoms with E-state index in [1.54, 1.807) is 6.07 Å². The first-order valence-electron chi connectivity index (χ1n) is 5.50. The molecule has 0 spiro atoms. The molecule has 2 rings (SSSR count). The highest BCUT2D eigenvalue weighted by atomic mass is 35.5. The van der Waals surface area contributed by atoms with Crippen LogP contribution in [0.2, 0.25) is 5.02 Å². The van der Waals surface area contributed by atoms with Gasteiger partial charge < -0.3 is 16.2 Å². The highest BCUT2D eigenvalue weighted by molar-refractivity contribution is 7.21. The maximum Gasteiger partial charge on any atom is 0.263 e. The van der Waals surface area contributed by atoms with Gasteiger partial charge in [0.2, 0.25) is 0 Å². The number of benzene rings is 1. The zero-order valence-corrected chi connectivity index (χ0v) is 11.1. The number of amides is 1. The molecule has 4 N–H and O–H groups in total. The largest absolute Gasteiger partial charge is 0.397 e. The van der Waals surface area contributed by atoms with Crippen molar-refractivity contribution in [1.29, 1.82) is 0 Å². The summed E-state index contributed by atoms with van der Waals surface area (Å²) in [5.74, 6) is -0.224. The summed E-state index contributed by atoms with van der Waals surface area (Å²) in [5, 5.41) is 12.7. The van der Waals surface area contributed by atoms with Gasteiger partial charge in [0.05, 0.1) is 10.7 Å². The molecule has 6 heteroatoms. The van der Waals surface area contributed by atoms with Crippen molar-refractivity contribution >= 4 is 44.6 Å². The van der Waals surface area contributed by atoms with E-state index in [1.807, 2.05) is 12.1 Å². The van der Waals surface area contributed by atoms with Gasteiger partial charge in [0.25, 0.3) is 5.91 Å². The molecule has 0 aliphatic heterocycles. The van der Waals surface area contributed by atoms with E-state index in [0.29, 0.717) is 28.6 Å². The molecule has 18 heavy (non-hydrogen) atoms. The second-order valence-corrected chi connectivity index (χ2v) is 5.25. The van der Waals surface area contributed by atoms with Crippen LogP contribution >= 0.6 is 22.9 Å². The number of aliphatic hydroxyl groups excluding tert-OH is 1. The van der Waals surface area contributed by atoms with Crippen LogP contribution in [-0.4, -0.2) is 24.2 Å². The predicted molar refractivity (Wildman–Crippen MR) is 75.3 cm³/mol. The summed E-state index contributed by atoms with van der Waals surface area (Å²) in [6.45, 7) is 0.477. The quantitative estimate of drug-likeness (QED) is 0.754. The van der Waals surface area contributed by atoms with Crippen LogP contribution in [0.25, 0.3) is 10.1 Å². The Kier molecular flexibility index (Phi) is 4.06. The third kappa shape index (κ3) is 2.43. The minimum absolute atomic E-state index is 0.0496. The van der Waals surface area contributed by atoms with Gasteiger partial charge in [0.1, 0.15) is 4.88 Å². The highest BCUT2D eigenvalue weighted by Gasteiger charge is 2.17. The number of rotatable bonds is 4. The van der Waals surface area contributed by atoms with E-state index >= 15 is 0 Å². The third-order valence-electron chi connectivity index (χ3n) is 2.53. The van der Waals surface area contributed by atoms with Gasteiger partial charge in [-0.05, 0) is 18.6 Å². The number of nitrogens with one attached hydrogen (secondary N) is 1. The Morgan fingerprint density at radius 1 is 1.50 bits per heavy atom. The van der Waals surface area contributed by atoms with E-state index < -0.39 is 0 Å². The van der Waals surface area contributed by atoms with Crippen molar-refractivity contribution in [3.05, 3.63) is 28.1 Å². The molecule has 0 fully saturated rings. The van der Waals surface area contributed by atoms with Crippen LogP contribution in [0.5, 0.6) is 0 Å². The van der Waals surface area contributed by atoms with Crippen molar-refractivity contribution in [3.63, 3.8) is 0 Å². The lowest BCUT2D eigenvalue weighted by Gasteiger charge is -2.02. The smallest absolute Gasteiger partial charge is 0.263 e. The summed E-state index contributed by atoms with van der Waals surface area (Å²) in [4.78, 5) is 12.4. The first-order chi connectivity index (χ1) is 8.65. The fourth-order valence-corrected chi connectivity index (χ4v) is 3.06. The molecule has 0 bridgehead atoms. The van der Waals surface area contributed by atoms with Gasteiger partial charge in [0, 0.05) is 23.2 Å². The molecule has 1 aromatic heterocycles. The summed E-state index contributed by atoms with van der Waals surface area (Å²) < 4.78 is 0.896. The van der Waals surface area contributed by atoms with Gasteiger partial charge in [0.15, 0.2) is 0 Å². The lowest BCUT2D eigenvalue weighted by atomic mass is 10.2. The van der Waals surface area contributed by atoms with Gasteiger partial charge >= 0.3 is 0 Å². The first-order valence-corrected chi connectivity index (χ1v) is 6.70. The Balaban J connectivity index is 2.31. The Bertz CT molecular complexity index is 583. The Morgan fingerprint density at radius 2 is 2.28 bits per heavy atom. The summed E-state index contributed by atoms with van der Waals surface area (Å²) in [6, 6.07) is 5.46. The van der Waals surface area contributed by atoms with Gasteiger partial charge in [-0.1, -0.05) is 17.7 Å². The molecular weight excluding hydrogens is 272 g/mol. The van der Waals surface area contributed by atoms with E-state index in [4.69, 9.17) is 22.4 Å². The number of carbonyl (C=O) groups is 1. The van der Waals surface area contributed by atoms with Crippen LogP contribution in [0.3, 0.4) is 0 Å². The second kappa shape index (κ2) is 5.56. The molecule has 0 unspecified atom stereocenters. The van der Waals surface area contributed by atoms with Crippen LogP contribution in [0.1, 0.15) is 16.1 Å². The van der Waals surface area contributed by atoms with E-state index in [0.717, 1.165) is 10.1 Å². The molecule has 4 nitrogen and oxygen atoms in total. The first kappa shape index (κ1) is 13.1. The van der Waals surface area contributed by atoms with Crippen LogP contribution in [0.4, 0.5) is 5.69 Å². The van der Waals surface area contributed by atoms with Crippen molar-refractivity contribution in [2.24, 2.45) is 0 Å². The number of thiophene rings is 1. The van der Waals surface area contributed by atoms with Crippen molar-refractivity contribution in [1.82, 2.24) is 5.32 Å². The zero-order valence-electron chi connectivity index (χ0n) is 9.57. The summed E-state index contributed by atoms with van der Waals surface area (Å²) in [5.41, 5.74) is 6.38. The summed E-state index contributed by atoms with van der Waals surface area (Å²) >= 11 is 7.39. The lowest BCUT2D eigenvalue weighted by molar-refractivity contribution is 0.0956. The fourth-order valence-electron chi connectivity index (χ4n) is 1.66. The molecule has 2 aromatic rings. The molecule has 0 saturated carbocycles. The molecule has 1 aromatic carbocycles. The lowest BCUT2D eigenvalue weighted by Crippen LogP contribution is -2.24. The van der Waals surface area contributed by atoms with Crippen molar-refractivity contribution < 1.29 is 9.90 Å². The Hall–Kier alpha value is -1.30. The molecule has 0 aliphatic rings. The predicted octanol–water partition coefficient (Wildman–Crippen LogP) is 2.25. The maximum absolute atomic E-state index is 11.9. The number of nitrogens with two attached hydrogens (primary N) is 1. The summed E-state index contributed by atoms with van der Waals surface area (Å²) in [7, 11) is 0. The number of halogens is 1. The third-order valence-corrected chi connectivity index (χ3v) is 4.01. The number of hydrogen-bond acceptors (Lipinski definition) is 4. The SMILES string of the molecule is Nc1c(C(=O)NCCCO)sc2cccc(Cl)c12. The number of anilines is 1. The molecule has 96 valence electrons. The number of carbonyl (C=O) groups excluding carboxylic acids is 1. The maximum atomic E-state index is 11.9. The van der Waals surface area contributed by atoms with E-state index in [2.05, 4.69) is 5.32 Å². The van der Waals surface area contributed by atoms with E-state index in [9.17, 15) is 4.79 Å². The minimum atomic E-state index is -0.224. The molecule has 1 amide bonds. The number of fused-ring (bicyclic) bond motifs is 1. The van der Waals surface area contributed by atoms with Gasteiger partial charge in [-0.3, -0.25) is 4.79 Å². The normalized spacial score (nSPS) is 10.8. The van der Waals surface area contributed by atoms with E-state index in [1.165, 1.54) is 11.3 Å². The molecule has 1 heterocycles. The average molecular weight is 285 g/mol. The minimum Gasteiger partial charge on any atom is -0.397 e. The van der Waals surface area contributed by atoms with Crippen LogP contribution in [0, 0.1) is 0 Å². The Labute approximate surface area is 113 Å². The standard InChI is InChI=1S/C12H13ClN2O2S/c13-7-3-1-4-8-9(7)10(14)11(18-8)12(17)15-5-2-6-16/h1,3-4,16H,2,5-6,14H2,(H,15,17). The van der Waals surface area contributed by atoms with Gasteiger partial charge in [-0.25, -0.2) is 0 Å². The monoisotopic (exact) mass is 284 g/mol. The topological polar surface area (TPSA) is 75.4 Å². The number of aliphatic hydroxyl groups is 1. The summed E-state index contributed by atoms with van der Waals surface area (Å²) in [6.07, 6.45) is 0.525. The fraction of sp³-hybridized carbons (Fsp3) is 0.250. The number of nitrogen functional groups attached to an aromatic ring is 1. The molecule has 0 atom stereocenters.